The largest absolute Gasteiger partial charge is 0.380 e. The van der Waals surface area contributed by atoms with Crippen LogP contribution in [0, 0.1) is 0 Å². The van der Waals surface area contributed by atoms with Crippen LogP contribution in [0.4, 0.5) is 5.69 Å². The molecule has 0 saturated heterocycles. The molecule has 1 aromatic carbocycles. The fourth-order valence-electron chi connectivity index (χ4n) is 1.57. The number of nitrogens with one attached hydrogen (secondary N) is 1. The van der Waals surface area contributed by atoms with Crippen molar-refractivity contribution in [1.82, 2.24) is 0 Å². The van der Waals surface area contributed by atoms with Crippen LogP contribution in [0.2, 0.25) is 0 Å². The number of halogens is 1. The molecule has 2 aromatic rings. The van der Waals surface area contributed by atoms with Gasteiger partial charge in [-0.05, 0) is 39.7 Å². The molecule has 2 rings (SSSR count). The Morgan fingerprint density at radius 3 is 2.94 bits per heavy atom. The minimum Gasteiger partial charge on any atom is -0.380 e. The van der Waals surface area contributed by atoms with Crippen LogP contribution in [-0.4, -0.2) is 7.11 Å². The number of rotatable bonds is 5. The lowest BCUT2D eigenvalue weighted by Crippen LogP contribution is -1.98. The van der Waals surface area contributed by atoms with Crippen LogP contribution in [0.1, 0.15) is 10.4 Å². The minimum atomic E-state index is 0.653. The Morgan fingerprint density at radius 2 is 2.24 bits per heavy atom. The molecule has 0 atom stereocenters. The van der Waals surface area contributed by atoms with Gasteiger partial charge in [0.2, 0.25) is 0 Å². The molecular formula is C13H14BrNOS. The molecule has 1 heterocycles. The lowest BCUT2D eigenvalue weighted by atomic mass is 10.2. The Bertz CT molecular complexity index is 484. The minimum absolute atomic E-state index is 0.653. The number of ether oxygens (including phenoxy) is 1. The average Bonchev–Trinajstić information content (AvgIpc) is 2.74. The predicted octanol–water partition coefficient (Wildman–Crippen LogP) is 4.27. The van der Waals surface area contributed by atoms with E-state index in [2.05, 4.69) is 50.9 Å². The fraction of sp³-hybridized carbons (Fsp3) is 0.231. The van der Waals surface area contributed by atoms with Gasteiger partial charge in [-0.25, -0.2) is 0 Å². The highest BCUT2D eigenvalue weighted by molar-refractivity contribution is 9.10. The highest BCUT2D eigenvalue weighted by Crippen LogP contribution is 2.21. The van der Waals surface area contributed by atoms with E-state index in [0.29, 0.717) is 6.61 Å². The van der Waals surface area contributed by atoms with E-state index < -0.39 is 0 Å². The van der Waals surface area contributed by atoms with Gasteiger partial charge in [0.1, 0.15) is 0 Å². The summed E-state index contributed by atoms with van der Waals surface area (Å²) in [5.74, 6) is 0. The van der Waals surface area contributed by atoms with Crippen molar-refractivity contribution in [2.24, 2.45) is 0 Å². The van der Waals surface area contributed by atoms with Crippen molar-refractivity contribution in [3.8, 4) is 0 Å². The van der Waals surface area contributed by atoms with Gasteiger partial charge in [0.05, 0.1) is 6.61 Å². The summed E-state index contributed by atoms with van der Waals surface area (Å²) in [6, 6.07) is 10.4. The molecule has 0 radical (unpaired) electrons. The van der Waals surface area contributed by atoms with Crippen molar-refractivity contribution < 1.29 is 4.74 Å². The van der Waals surface area contributed by atoms with E-state index in [9.17, 15) is 0 Å². The third kappa shape index (κ3) is 3.84. The van der Waals surface area contributed by atoms with Crippen molar-refractivity contribution in [3.63, 3.8) is 0 Å². The molecule has 0 aliphatic carbocycles. The van der Waals surface area contributed by atoms with Crippen LogP contribution in [0.15, 0.2) is 40.2 Å². The second-order valence-corrected chi connectivity index (χ2v) is 5.63. The van der Waals surface area contributed by atoms with Crippen LogP contribution in [0.5, 0.6) is 0 Å². The van der Waals surface area contributed by atoms with Gasteiger partial charge in [0.25, 0.3) is 0 Å². The number of benzene rings is 1. The van der Waals surface area contributed by atoms with Crippen molar-refractivity contribution in [2.45, 2.75) is 13.2 Å². The molecule has 0 aliphatic heterocycles. The van der Waals surface area contributed by atoms with Crippen LogP contribution in [0.3, 0.4) is 0 Å². The SMILES string of the molecule is COCc1cccc(NCc2cc(Br)cs2)c1. The molecule has 0 unspecified atom stereocenters. The molecule has 2 nitrogen and oxygen atoms in total. The zero-order chi connectivity index (χ0) is 12.1. The maximum Gasteiger partial charge on any atom is 0.0713 e. The maximum absolute atomic E-state index is 5.12. The molecule has 0 fully saturated rings. The molecule has 0 spiro atoms. The van der Waals surface area contributed by atoms with Gasteiger partial charge in [-0.3, -0.25) is 0 Å². The molecular weight excluding hydrogens is 298 g/mol. The Hall–Kier alpha value is -0.840. The molecule has 17 heavy (non-hydrogen) atoms. The summed E-state index contributed by atoms with van der Waals surface area (Å²) in [5, 5.41) is 5.50. The van der Waals surface area contributed by atoms with Gasteiger partial charge in [-0.15, -0.1) is 11.3 Å². The van der Waals surface area contributed by atoms with Gasteiger partial charge >= 0.3 is 0 Å². The summed E-state index contributed by atoms with van der Waals surface area (Å²) in [6.07, 6.45) is 0. The second-order valence-electron chi connectivity index (χ2n) is 3.72. The number of anilines is 1. The lowest BCUT2D eigenvalue weighted by Gasteiger charge is -2.06. The van der Waals surface area contributed by atoms with Gasteiger partial charge in [0, 0.05) is 34.1 Å². The van der Waals surface area contributed by atoms with Crippen LogP contribution >= 0.6 is 27.3 Å². The van der Waals surface area contributed by atoms with Crippen LogP contribution in [0.25, 0.3) is 0 Å². The molecule has 0 amide bonds. The predicted molar refractivity (Wildman–Crippen MR) is 76.5 cm³/mol. The molecule has 4 heteroatoms. The number of thiophene rings is 1. The number of hydrogen-bond donors (Lipinski definition) is 1. The summed E-state index contributed by atoms with van der Waals surface area (Å²) in [4.78, 5) is 1.31. The smallest absolute Gasteiger partial charge is 0.0713 e. The standard InChI is InChI=1S/C13H14BrNOS/c1-16-8-10-3-2-4-12(5-10)15-7-13-6-11(14)9-17-13/h2-6,9,15H,7-8H2,1H3. The maximum atomic E-state index is 5.12. The average molecular weight is 312 g/mol. The molecule has 0 aliphatic rings. The molecule has 0 bridgehead atoms. The summed E-state index contributed by atoms with van der Waals surface area (Å²) >= 11 is 5.21. The molecule has 90 valence electrons. The van der Waals surface area contributed by atoms with Crippen molar-refractivity contribution in [3.05, 3.63) is 50.6 Å². The van der Waals surface area contributed by atoms with E-state index in [-0.39, 0.29) is 0 Å². The highest BCUT2D eigenvalue weighted by Gasteiger charge is 1.99. The van der Waals surface area contributed by atoms with E-state index in [1.54, 1.807) is 18.4 Å². The van der Waals surface area contributed by atoms with E-state index >= 15 is 0 Å². The van der Waals surface area contributed by atoms with Crippen molar-refractivity contribution in [2.75, 3.05) is 12.4 Å². The highest BCUT2D eigenvalue weighted by atomic mass is 79.9. The monoisotopic (exact) mass is 311 g/mol. The zero-order valence-electron chi connectivity index (χ0n) is 9.57. The normalized spacial score (nSPS) is 10.5. The number of methoxy groups -OCH3 is 1. The first-order valence-electron chi connectivity index (χ1n) is 5.32. The summed E-state index contributed by atoms with van der Waals surface area (Å²) in [7, 11) is 1.71. The van der Waals surface area contributed by atoms with Gasteiger partial charge in [0.15, 0.2) is 0 Å². The third-order valence-electron chi connectivity index (χ3n) is 2.33. The summed E-state index contributed by atoms with van der Waals surface area (Å²) in [6.45, 7) is 1.51. The summed E-state index contributed by atoms with van der Waals surface area (Å²) in [5.41, 5.74) is 2.31. The fourth-order valence-corrected chi connectivity index (χ4v) is 2.96. The Morgan fingerprint density at radius 1 is 1.35 bits per heavy atom. The lowest BCUT2D eigenvalue weighted by molar-refractivity contribution is 0.185. The first kappa shape index (κ1) is 12.6. The van der Waals surface area contributed by atoms with Gasteiger partial charge < -0.3 is 10.1 Å². The first-order valence-corrected chi connectivity index (χ1v) is 7.00. The van der Waals surface area contributed by atoms with Gasteiger partial charge in [-0.2, -0.15) is 0 Å². The van der Waals surface area contributed by atoms with E-state index in [1.165, 1.54) is 10.4 Å². The van der Waals surface area contributed by atoms with Crippen molar-refractivity contribution >= 4 is 33.0 Å². The van der Waals surface area contributed by atoms with E-state index in [1.807, 2.05) is 6.07 Å². The van der Waals surface area contributed by atoms with Crippen LogP contribution < -0.4 is 5.32 Å². The Balaban J connectivity index is 1.96. The molecule has 1 N–H and O–H groups in total. The van der Waals surface area contributed by atoms with E-state index in [0.717, 1.165) is 16.7 Å². The third-order valence-corrected chi connectivity index (χ3v) is 4.02. The van der Waals surface area contributed by atoms with Crippen LogP contribution in [-0.2, 0) is 17.9 Å². The Kier molecular flexibility index (Phi) is 4.59. The second kappa shape index (κ2) is 6.19. The topological polar surface area (TPSA) is 21.3 Å². The zero-order valence-corrected chi connectivity index (χ0v) is 12.0. The molecule has 1 aromatic heterocycles. The first-order chi connectivity index (χ1) is 8.28. The van der Waals surface area contributed by atoms with E-state index in [4.69, 9.17) is 4.74 Å². The molecule has 0 saturated carbocycles. The van der Waals surface area contributed by atoms with Crippen molar-refractivity contribution in [1.29, 1.82) is 0 Å². The summed E-state index contributed by atoms with van der Waals surface area (Å²) < 4.78 is 6.26. The van der Waals surface area contributed by atoms with Gasteiger partial charge in [-0.1, -0.05) is 12.1 Å². The quantitative estimate of drug-likeness (QED) is 0.890. The number of hydrogen-bond acceptors (Lipinski definition) is 3. The Labute approximate surface area is 114 Å².